The molecule has 5 nitrogen and oxygen atoms in total. The minimum atomic E-state index is -4.17. The smallest absolute Gasteiger partial charge is 0.240 e. The quantitative estimate of drug-likeness (QED) is 0.770. The summed E-state index contributed by atoms with van der Waals surface area (Å²) in [7, 11) is -4.17. The minimum Gasteiger partial charge on any atom is -0.360 e. The number of rotatable bonds is 3. The molecule has 3 aromatic rings. The van der Waals surface area contributed by atoms with Gasteiger partial charge in [0.15, 0.2) is 0 Å². The Balaban J connectivity index is 2.17. The molecular weight excluding hydrogens is 350 g/mol. The highest BCUT2D eigenvalue weighted by Gasteiger charge is 2.21. The summed E-state index contributed by atoms with van der Waals surface area (Å²) in [6.45, 7) is 3.26. The molecule has 0 amide bonds. The zero-order valence-corrected chi connectivity index (χ0v) is 14.2. The molecule has 1 aromatic heterocycles. The van der Waals surface area contributed by atoms with E-state index in [0.717, 1.165) is 12.1 Å². The number of nitrogens with two attached hydrogens (primary N) is 1. The van der Waals surface area contributed by atoms with Gasteiger partial charge in [0.05, 0.1) is 5.56 Å². The molecule has 0 spiro atoms. The highest BCUT2D eigenvalue weighted by Crippen LogP contribution is 2.35. The molecule has 1 heterocycles. The third-order valence-electron chi connectivity index (χ3n) is 3.84. The molecule has 0 bridgehead atoms. The average molecular weight is 364 g/mol. The molecule has 25 heavy (non-hydrogen) atoms. The Labute approximate surface area is 143 Å². The Morgan fingerprint density at radius 2 is 1.64 bits per heavy atom. The van der Waals surface area contributed by atoms with Crippen LogP contribution in [0.3, 0.4) is 0 Å². The lowest BCUT2D eigenvalue weighted by Gasteiger charge is -2.07. The van der Waals surface area contributed by atoms with Gasteiger partial charge in [-0.2, -0.15) is 0 Å². The fourth-order valence-electron chi connectivity index (χ4n) is 2.54. The number of sulfonamides is 1. The first-order chi connectivity index (χ1) is 11.7. The summed E-state index contributed by atoms with van der Waals surface area (Å²) in [4.78, 5) is -0.603. The maximum Gasteiger partial charge on any atom is 0.240 e. The van der Waals surface area contributed by atoms with Crippen molar-refractivity contribution in [2.75, 3.05) is 0 Å². The number of hydrogen-bond donors (Lipinski definition) is 1. The maximum atomic E-state index is 14.2. The van der Waals surface area contributed by atoms with E-state index < -0.39 is 26.6 Å². The Kier molecular flexibility index (Phi) is 4.18. The lowest BCUT2D eigenvalue weighted by Crippen LogP contribution is -2.13. The molecule has 0 saturated carbocycles. The number of benzene rings is 2. The van der Waals surface area contributed by atoms with Crippen LogP contribution in [0.15, 0.2) is 45.8 Å². The van der Waals surface area contributed by atoms with E-state index in [-0.39, 0.29) is 0 Å². The van der Waals surface area contributed by atoms with Crippen LogP contribution in [0.1, 0.15) is 11.3 Å². The van der Waals surface area contributed by atoms with Gasteiger partial charge < -0.3 is 4.52 Å². The van der Waals surface area contributed by atoms with Gasteiger partial charge in [-0.25, -0.2) is 22.3 Å². The molecule has 0 aliphatic rings. The van der Waals surface area contributed by atoms with Gasteiger partial charge in [0.1, 0.15) is 28.0 Å². The number of primary sulfonamides is 1. The second kappa shape index (κ2) is 6.05. The van der Waals surface area contributed by atoms with Gasteiger partial charge in [0.25, 0.3) is 0 Å². The maximum absolute atomic E-state index is 14.2. The number of nitrogens with zero attached hydrogens (tertiary/aromatic N) is 1. The molecule has 0 unspecified atom stereocenters. The number of halogens is 2. The SMILES string of the molecule is Cc1ccc(-c2noc(C)c2-c2ccc(S(N)(=O)=O)c(F)c2)cc1F. The van der Waals surface area contributed by atoms with E-state index >= 15 is 0 Å². The molecule has 0 aliphatic carbocycles. The fraction of sp³-hybridized carbons (Fsp3) is 0.118. The third kappa shape index (κ3) is 3.18. The van der Waals surface area contributed by atoms with Crippen LogP contribution < -0.4 is 5.14 Å². The van der Waals surface area contributed by atoms with Gasteiger partial charge in [-0.1, -0.05) is 23.4 Å². The van der Waals surface area contributed by atoms with Crippen molar-refractivity contribution in [3.05, 3.63) is 59.4 Å². The molecular formula is C17H14F2N2O3S. The second-order valence-corrected chi connectivity index (χ2v) is 7.15. The Bertz CT molecular complexity index is 1080. The summed E-state index contributed by atoms with van der Waals surface area (Å²) in [5.74, 6) is -1.000. The molecule has 2 N–H and O–H groups in total. The van der Waals surface area contributed by atoms with Gasteiger partial charge in [0, 0.05) is 5.56 Å². The summed E-state index contributed by atoms with van der Waals surface area (Å²) in [5, 5.41) is 8.89. The van der Waals surface area contributed by atoms with E-state index in [4.69, 9.17) is 9.66 Å². The molecule has 0 fully saturated rings. The van der Waals surface area contributed by atoms with Crippen molar-refractivity contribution < 1.29 is 21.7 Å². The zero-order chi connectivity index (χ0) is 18.4. The normalized spacial score (nSPS) is 11.7. The molecule has 0 saturated heterocycles. The molecule has 130 valence electrons. The Morgan fingerprint density at radius 1 is 1.00 bits per heavy atom. The Hall–Kier alpha value is -2.58. The van der Waals surface area contributed by atoms with E-state index in [1.165, 1.54) is 12.1 Å². The first-order valence-electron chi connectivity index (χ1n) is 7.24. The second-order valence-electron chi connectivity index (χ2n) is 5.62. The van der Waals surface area contributed by atoms with Crippen LogP contribution in [0.25, 0.3) is 22.4 Å². The first-order valence-corrected chi connectivity index (χ1v) is 8.78. The predicted octanol–water partition coefficient (Wildman–Crippen LogP) is 3.55. The summed E-state index contributed by atoms with van der Waals surface area (Å²) in [6, 6.07) is 8.10. The topological polar surface area (TPSA) is 86.2 Å². The van der Waals surface area contributed by atoms with Crippen LogP contribution in [0, 0.1) is 25.5 Å². The first kappa shape index (κ1) is 17.2. The van der Waals surface area contributed by atoms with Crippen molar-refractivity contribution in [1.29, 1.82) is 0 Å². The lowest BCUT2D eigenvalue weighted by molar-refractivity contribution is 0.400. The summed E-state index contributed by atoms with van der Waals surface area (Å²) in [6.07, 6.45) is 0. The average Bonchev–Trinajstić information content (AvgIpc) is 2.90. The van der Waals surface area contributed by atoms with Crippen LogP contribution in [0.5, 0.6) is 0 Å². The molecule has 0 aliphatic heterocycles. The number of aromatic nitrogens is 1. The van der Waals surface area contributed by atoms with E-state index in [2.05, 4.69) is 5.16 Å². The van der Waals surface area contributed by atoms with Crippen LogP contribution in [-0.4, -0.2) is 13.6 Å². The number of aryl methyl sites for hydroxylation is 2. The minimum absolute atomic E-state index is 0.333. The third-order valence-corrected chi connectivity index (χ3v) is 4.78. The van der Waals surface area contributed by atoms with E-state index in [9.17, 15) is 17.2 Å². The molecule has 2 aromatic carbocycles. The molecule has 0 radical (unpaired) electrons. The molecule has 3 rings (SSSR count). The van der Waals surface area contributed by atoms with Gasteiger partial charge in [0.2, 0.25) is 10.0 Å². The largest absolute Gasteiger partial charge is 0.360 e. The van der Waals surface area contributed by atoms with Crippen molar-refractivity contribution in [2.45, 2.75) is 18.7 Å². The van der Waals surface area contributed by atoms with Crippen molar-refractivity contribution in [3.8, 4) is 22.4 Å². The van der Waals surface area contributed by atoms with Crippen LogP contribution >= 0.6 is 0 Å². The van der Waals surface area contributed by atoms with Gasteiger partial charge in [-0.15, -0.1) is 0 Å². The standard InChI is InChI=1S/C17H14F2N2O3S/c1-9-3-4-12(8-13(9)18)17-16(10(2)24-21-17)11-5-6-15(14(19)7-11)25(20,22)23/h3-8H,1-2H3,(H2,20,22,23). The van der Waals surface area contributed by atoms with Crippen molar-refractivity contribution in [3.63, 3.8) is 0 Å². The molecule has 0 atom stereocenters. The van der Waals surface area contributed by atoms with Gasteiger partial charge >= 0.3 is 0 Å². The van der Waals surface area contributed by atoms with Crippen molar-refractivity contribution >= 4 is 10.0 Å². The van der Waals surface area contributed by atoms with Crippen LogP contribution in [0.2, 0.25) is 0 Å². The zero-order valence-electron chi connectivity index (χ0n) is 13.4. The predicted molar refractivity (Wildman–Crippen MR) is 88.1 cm³/mol. The monoisotopic (exact) mass is 364 g/mol. The Morgan fingerprint density at radius 3 is 2.24 bits per heavy atom. The van der Waals surface area contributed by atoms with Crippen molar-refractivity contribution in [2.24, 2.45) is 5.14 Å². The lowest BCUT2D eigenvalue weighted by atomic mass is 9.98. The van der Waals surface area contributed by atoms with Crippen LogP contribution in [0.4, 0.5) is 8.78 Å². The summed E-state index contributed by atoms with van der Waals surface area (Å²) < 4.78 is 55.9. The van der Waals surface area contributed by atoms with E-state index in [1.807, 2.05) is 0 Å². The van der Waals surface area contributed by atoms with Gasteiger partial charge in [-0.05, 0) is 43.2 Å². The summed E-state index contributed by atoms with van der Waals surface area (Å²) in [5.41, 5.74) is 2.07. The number of hydrogen-bond acceptors (Lipinski definition) is 4. The highest BCUT2D eigenvalue weighted by molar-refractivity contribution is 7.89. The van der Waals surface area contributed by atoms with E-state index in [0.29, 0.717) is 33.7 Å². The fourth-order valence-corrected chi connectivity index (χ4v) is 3.12. The molecule has 8 heteroatoms. The van der Waals surface area contributed by atoms with Crippen LogP contribution in [-0.2, 0) is 10.0 Å². The summed E-state index contributed by atoms with van der Waals surface area (Å²) >= 11 is 0. The van der Waals surface area contributed by atoms with Crippen molar-refractivity contribution in [1.82, 2.24) is 5.16 Å². The highest BCUT2D eigenvalue weighted by atomic mass is 32.2. The van der Waals surface area contributed by atoms with E-state index in [1.54, 1.807) is 26.0 Å². The van der Waals surface area contributed by atoms with Gasteiger partial charge in [-0.3, -0.25) is 0 Å².